The molecule has 0 amide bonds. The normalized spacial score (nSPS) is 22.7. The minimum Gasteiger partial charge on any atom is -0.461 e. The van der Waals surface area contributed by atoms with Crippen molar-refractivity contribution in [1.82, 2.24) is 0 Å². The van der Waals surface area contributed by atoms with Crippen molar-refractivity contribution in [2.45, 2.75) is 69.5 Å². The van der Waals surface area contributed by atoms with Crippen molar-refractivity contribution in [3.05, 3.63) is 144 Å². The van der Waals surface area contributed by atoms with Crippen LogP contribution in [0.5, 0.6) is 0 Å². The van der Waals surface area contributed by atoms with Gasteiger partial charge in [0.15, 0.2) is 0 Å². The van der Waals surface area contributed by atoms with Crippen molar-refractivity contribution >= 4 is 5.97 Å². The number of carbonyl (C=O) groups excluding carboxylic acids is 1. The van der Waals surface area contributed by atoms with Crippen LogP contribution in [0.4, 0.5) is 8.78 Å². The van der Waals surface area contributed by atoms with Crippen LogP contribution in [-0.2, 0) is 59.6 Å². The van der Waals surface area contributed by atoms with E-state index in [1.807, 2.05) is 91.0 Å². The summed E-state index contributed by atoms with van der Waals surface area (Å²) in [7, 11) is 0. The van der Waals surface area contributed by atoms with Gasteiger partial charge in [-0.25, -0.2) is 4.79 Å². The Bertz CT molecular complexity index is 1530. The standard InChI is InChI=1S/C38H40F2O8/c1-2-44-36(41)37(39,40)38(42)35(47-26-31-21-13-6-14-22-31)34(46-25-30-19-11-5-12-20-30)33(45-24-29-17-9-4-10-18-29)32(48-38)27-43-23-28-15-7-3-8-16-28/h3-22,32-35,42H,2,23-27H2,1H3. The van der Waals surface area contributed by atoms with E-state index in [4.69, 9.17) is 28.4 Å². The van der Waals surface area contributed by atoms with E-state index < -0.39 is 42.1 Å². The van der Waals surface area contributed by atoms with Gasteiger partial charge in [0.25, 0.3) is 5.79 Å². The molecule has 0 saturated carbocycles. The topological polar surface area (TPSA) is 92.7 Å². The van der Waals surface area contributed by atoms with E-state index in [9.17, 15) is 9.90 Å². The molecule has 5 unspecified atom stereocenters. The lowest BCUT2D eigenvalue weighted by Crippen LogP contribution is -2.74. The summed E-state index contributed by atoms with van der Waals surface area (Å²) in [6.07, 6.45) is -5.72. The van der Waals surface area contributed by atoms with Crippen molar-refractivity contribution in [1.29, 1.82) is 0 Å². The van der Waals surface area contributed by atoms with E-state index in [1.165, 1.54) is 6.92 Å². The number of alkyl halides is 2. The smallest absolute Gasteiger partial charge is 0.397 e. The molecule has 1 fully saturated rings. The molecule has 1 N–H and O–H groups in total. The molecule has 1 heterocycles. The maximum Gasteiger partial charge on any atom is 0.397 e. The van der Waals surface area contributed by atoms with Gasteiger partial charge >= 0.3 is 11.9 Å². The molecule has 48 heavy (non-hydrogen) atoms. The lowest BCUT2D eigenvalue weighted by Gasteiger charge is -2.51. The third kappa shape index (κ3) is 8.70. The summed E-state index contributed by atoms with van der Waals surface area (Å²) in [5.41, 5.74) is 3.02. The van der Waals surface area contributed by atoms with E-state index in [0.717, 1.165) is 16.7 Å². The minimum atomic E-state index is -4.58. The second-order valence-corrected chi connectivity index (χ2v) is 11.4. The summed E-state index contributed by atoms with van der Waals surface area (Å²) < 4.78 is 67.9. The quantitative estimate of drug-likeness (QED) is 0.141. The fraction of sp³-hybridized carbons (Fsp3) is 0.342. The molecule has 0 aliphatic carbocycles. The van der Waals surface area contributed by atoms with Crippen LogP contribution in [0.1, 0.15) is 29.2 Å². The van der Waals surface area contributed by atoms with Crippen molar-refractivity contribution in [3.63, 3.8) is 0 Å². The highest BCUT2D eigenvalue weighted by Gasteiger charge is 2.72. The molecule has 0 radical (unpaired) electrons. The van der Waals surface area contributed by atoms with E-state index in [2.05, 4.69) is 0 Å². The number of ether oxygens (including phenoxy) is 6. The average molecular weight is 663 g/mol. The number of benzene rings is 4. The van der Waals surface area contributed by atoms with E-state index >= 15 is 8.78 Å². The van der Waals surface area contributed by atoms with Crippen molar-refractivity contribution in [2.24, 2.45) is 0 Å². The summed E-state index contributed by atoms with van der Waals surface area (Å²) in [4.78, 5) is 12.8. The van der Waals surface area contributed by atoms with Crippen LogP contribution < -0.4 is 0 Å². The first-order valence-corrected chi connectivity index (χ1v) is 15.8. The monoisotopic (exact) mass is 662 g/mol. The van der Waals surface area contributed by atoms with Gasteiger partial charge in [-0.15, -0.1) is 0 Å². The molecule has 5 rings (SSSR count). The molecule has 4 aromatic rings. The van der Waals surface area contributed by atoms with Gasteiger partial charge in [0.05, 0.1) is 39.6 Å². The van der Waals surface area contributed by atoms with Gasteiger partial charge < -0.3 is 33.5 Å². The highest BCUT2D eigenvalue weighted by molar-refractivity contribution is 5.79. The van der Waals surface area contributed by atoms with Crippen LogP contribution in [0.3, 0.4) is 0 Å². The number of hydrogen-bond donors (Lipinski definition) is 1. The Labute approximate surface area is 279 Å². The third-order valence-electron chi connectivity index (χ3n) is 7.92. The zero-order valence-corrected chi connectivity index (χ0v) is 26.7. The van der Waals surface area contributed by atoms with Crippen LogP contribution >= 0.6 is 0 Å². The number of rotatable bonds is 16. The fourth-order valence-corrected chi connectivity index (χ4v) is 5.47. The molecule has 10 heteroatoms. The van der Waals surface area contributed by atoms with Crippen LogP contribution in [0.2, 0.25) is 0 Å². The summed E-state index contributed by atoms with van der Waals surface area (Å²) in [6.45, 7) is 0.702. The zero-order valence-electron chi connectivity index (χ0n) is 26.7. The first-order chi connectivity index (χ1) is 23.3. The highest BCUT2D eigenvalue weighted by Crippen LogP contribution is 2.44. The summed E-state index contributed by atoms with van der Waals surface area (Å²) in [5, 5.41) is 12.0. The predicted octanol–water partition coefficient (Wildman–Crippen LogP) is 6.25. The molecule has 0 aromatic heterocycles. The molecule has 4 aromatic carbocycles. The molecule has 1 saturated heterocycles. The molecule has 1 aliphatic rings. The Balaban J connectivity index is 1.54. The van der Waals surface area contributed by atoms with Crippen molar-refractivity contribution < 1.29 is 47.1 Å². The van der Waals surface area contributed by atoms with Crippen molar-refractivity contribution in [2.75, 3.05) is 13.2 Å². The van der Waals surface area contributed by atoms with Gasteiger partial charge in [0, 0.05) is 0 Å². The van der Waals surface area contributed by atoms with E-state index in [0.29, 0.717) is 5.56 Å². The summed E-state index contributed by atoms with van der Waals surface area (Å²) >= 11 is 0. The molecule has 0 spiro atoms. The molecule has 5 atom stereocenters. The summed E-state index contributed by atoms with van der Waals surface area (Å²) in [5.74, 6) is -10.1. The zero-order chi connectivity index (χ0) is 33.8. The number of carbonyl (C=O) groups is 1. The van der Waals surface area contributed by atoms with Crippen LogP contribution in [-0.4, -0.2) is 60.4 Å². The van der Waals surface area contributed by atoms with Gasteiger partial charge in [-0.1, -0.05) is 121 Å². The SMILES string of the molecule is CCOC(=O)C(F)(F)C1(O)OC(COCc2ccccc2)C(OCc2ccccc2)C(OCc2ccccc2)C1OCc1ccccc1. The largest absolute Gasteiger partial charge is 0.461 e. The van der Waals surface area contributed by atoms with Crippen LogP contribution in [0, 0.1) is 0 Å². The second-order valence-electron chi connectivity index (χ2n) is 11.4. The average Bonchev–Trinajstić information content (AvgIpc) is 3.11. The maximum atomic E-state index is 16.3. The Morgan fingerprint density at radius 3 is 1.56 bits per heavy atom. The van der Waals surface area contributed by atoms with Crippen molar-refractivity contribution in [3.8, 4) is 0 Å². The molecule has 254 valence electrons. The number of esters is 1. The van der Waals surface area contributed by atoms with Gasteiger partial charge in [0.2, 0.25) is 0 Å². The lowest BCUT2D eigenvalue weighted by atomic mass is 9.87. The Hall–Kier alpha value is -4.03. The lowest BCUT2D eigenvalue weighted by molar-refractivity contribution is -0.417. The first kappa shape index (κ1) is 35.3. The number of halogens is 2. The maximum absolute atomic E-state index is 16.3. The Kier molecular flexibility index (Phi) is 12.4. The Morgan fingerprint density at radius 2 is 1.10 bits per heavy atom. The van der Waals surface area contributed by atoms with E-state index in [-0.39, 0.29) is 39.6 Å². The van der Waals surface area contributed by atoms with Gasteiger partial charge in [-0.2, -0.15) is 8.78 Å². The van der Waals surface area contributed by atoms with E-state index in [1.54, 1.807) is 30.3 Å². The Morgan fingerprint density at radius 1 is 0.688 bits per heavy atom. The molecular formula is C38H40F2O8. The second kappa shape index (κ2) is 16.9. The van der Waals surface area contributed by atoms with Crippen LogP contribution in [0.25, 0.3) is 0 Å². The van der Waals surface area contributed by atoms with Gasteiger partial charge in [-0.3, -0.25) is 0 Å². The molecular weight excluding hydrogens is 622 g/mol. The van der Waals surface area contributed by atoms with Gasteiger partial charge in [0.1, 0.15) is 24.4 Å². The summed E-state index contributed by atoms with van der Waals surface area (Å²) in [6, 6.07) is 36.5. The molecule has 1 aliphatic heterocycles. The molecule has 8 nitrogen and oxygen atoms in total. The van der Waals surface area contributed by atoms with Gasteiger partial charge in [-0.05, 0) is 29.2 Å². The highest BCUT2D eigenvalue weighted by atomic mass is 19.3. The number of aliphatic hydroxyl groups is 1. The third-order valence-corrected chi connectivity index (χ3v) is 7.92. The number of hydrogen-bond acceptors (Lipinski definition) is 8. The fourth-order valence-electron chi connectivity index (χ4n) is 5.47. The molecule has 0 bridgehead atoms. The first-order valence-electron chi connectivity index (χ1n) is 15.8. The predicted molar refractivity (Wildman–Crippen MR) is 173 cm³/mol. The minimum absolute atomic E-state index is 0.0411. The van der Waals surface area contributed by atoms with Crippen LogP contribution in [0.15, 0.2) is 121 Å².